The Labute approximate surface area is 313 Å². The highest BCUT2D eigenvalue weighted by Gasteiger charge is 2.42. The highest BCUT2D eigenvalue weighted by atomic mass is 32.2. The Balaban J connectivity index is 1.05. The molecule has 1 aliphatic carbocycles. The van der Waals surface area contributed by atoms with Crippen LogP contribution in [-0.4, -0.2) is 66.9 Å². The van der Waals surface area contributed by atoms with Gasteiger partial charge in [-0.2, -0.15) is 0 Å². The molecule has 0 radical (unpaired) electrons. The van der Waals surface area contributed by atoms with Crippen molar-refractivity contribution in [2.45, 2.75) is 63.0 Å². The van der Waals surface area contributed by atoms with Crippen molar-refractivity contribution in [2.24, 2.45) is 10.9 Å². The zero-order valence-electron chi connectivity index (χ0n) is 30.1. The highest BCUT2D eigenvalue weighted by Crippen LogP contribution is 2.42. The van der Waals surface area contributed by atoms with Gasteiger partial charge in [0.2, 0.25) is 11.8 Å². The van der Waals surface area contributed by atoms with Gasteiger partial charge in [-0.05, 0) is 67.1 Å². The number of nitrogens with zero attached hydrogens (tertiary/aromatic N) is 4. The van der Waals surface area contributed by atoms with Gasteiger partial charge in [-0.3, -0.25) is 19.4 Å². The maximum atomic E-state index is 14.3. The lowest BCUT2D eigenvalue weighted by Crippen LogP contribution is -2.40. The van der Waals surface area contributed by atoms with E-state index >= 15 is 0 Å². The third kappa shape index (κ3) is 8.12. The molecule has 4 N–H and O–H groups in total. The summed E-state index contributed by atoms with van der Waals surface area (Å²) in [5.41, 5.74) is 6.73. The Bertz CT molecular complexity index is 2070. The van der Waals surface area contributed by atoms with Crippen molar-refractivity contribution >= 4 is 35.7 Å². The van der Waals surface area contributed by atoms with Crippen LogP contribution in [0.1, 0.15) is 74.9 Å². The molecular weight excluding hydrogens is 685 g/mol. The molecule has 7 rings (SSSR count). The summed E-state index contributed by atoms with van der Waals surface area (Å²) >= 11 is 1.67. The van der Waals surface area contributed by atoms with Crippen molar-refractivity contribution in [1.82, 2.24) is 35.5 Å². The Kier molecular flexibility index (Phi) is 10.9. The third-order valence-electron chi connectivity index (χ3n) is 9.84. The van der Waals surface area contributed by atoms with Crippen LogP contribution >= 0.6 is 11.8 Å². The molecule has 0 spiro atoms. The number of nitrogens with one attached hydrogen (secondary N) is 4. The second-order valence-corrected chi connectivity index (χ2v) is 14.7. The number of hydrogen-bond acceptors (Lipinski definition) is 7. The van der Waals surface area contributed by atoms with Crippen LogP contribution in [0.4, 0.5) is 0 Å². The smallest absolute Gasteiger partial charge is 0.253 e. The molecule has 3 heterocycles. The zero-order valence-corrected chi connectivity index (χ0v) is 30.9. The molecule has 2 unspecified atom stereocenters. The Morgan fingerprint density at radius 2 is 1.53 bits per heavy atom. The van der Waals surface area contributed by atoms with Gasteiger partial charge in [-0.15, -0.1) is 11.8 Å². The van der Waals surface area contributed by atoms with Crippen LogP contribution in [0.15, 0.2) is 96.2 Å². The molecule has 4 atom stereocenters. The van der Waals surface area contributed by atoms with E-state index in [-0.39, 0.29) is 41.1 Å². The number of aromatic nitrogens is 4. The average molecular weight is 729 g/mol. The van der Waals surface area contributed by atoms with Gasteiger partial charge in [0, 0.05) is 25.1 Å². The molecule has 3 amide bonds. The number of carbonyl (C=O) groups excluding carboxylic acids is 3. The SMILES string of the molecule is CC=NC(C(=O)N1C(CCC(=O)NC)SC[C@H]1c1ncc(-c2ccc(-c3ccc(-c4cnc([C@H](C)NC(=O)C5CC5)[nH]4)cc3)cc2)[nH]1)c1ccccc1. The van der Waals surface area contributed by atoms with E-state index in [1.54, 1.807) is 25.0 Å². The van der Waals surface area contributed by atoms with Gasteiger partial charge in [-0.1, -0.05) is 78.9 Å². The van der Waals surface area contributed by atoms with E-state index in [4.69, 9.17) is 4.98 Å². The Morgan fingerprint density at radius 1 is 0.906 bits per heavy atom. The van der Waals surface area contributed by atoms with Gasteiger partial charge in [-0.25, -0.2) is 9.97 Å². The zero-order chi connectivity index (χ0) is 36.9. The van der Waals surface area contributed by atoms with E-state index in [0.29, 0.717) is 24.4 Å². The number of amides is 3. The Morgan fingerprint density at radius 3 is 2.15 bits per heavy atom. The topological polar surface area (TPSA) is 148 Å². The van der Waals surface area contributed by atoms with Crippen LogP contribution in [0.5, 0.6) is 0 Å². The minimum Gasteiger partial charge on any atom is -0.359 e. The number of carbonyl (C=O) groups is 3. The van der Waals surface area contributed by atoms with Gasteiger partial charge in [0.15, 0.2) is 6.04 Å². The number of H-pyrrole nitrogens is 2. The van der Waals surface area contributed by atoms with Gasteiger partial charge in [0.1, 0.15) is 17.7 Å². The Hall–Kier alpha value is -5.49. The second kappa shape index (κ2) is 16.0. The number of aromatic amines is 2. The largest absolute Gasteiger partial charge is 0.359 e. The van der Waals surface area contributed by atoms with Gasteiger partial charge in [0.25, 0.3) is 5.91 Å². The predicted molar refractivity (Wildman–Crippen MR) is 209 cm³/mol. The number of aliphatic imine (C=N–C) groups is 1. The molecule has 11 nitrogen and oxygen atoms in total. The van der Waals surface area contributed by atoms with Crippen molar-refractivity contribution in [3.63, 3.8) is 0 Å². The first-order chi connectivity index (χ1) is 25.8. The maximum Gasteiger partial charge on any atom is 0.253 e. The number of imidazole rings is 2. The first kappa shape index (κ1) is 35.9. The van der Waals surface area contributed by atoms with Crippen LogP contribution in [0, 0.1) is 5.92 Å². The summed E-state index contributed by atoms with van der Waals surface area (Å²) in [6.45, 7) is 3.76. The lowest BCUT2D eigenvalue weighted by atomic mass is 10.0. The average Bonchev–Trinajstić information content (AvgIpc) is 3.53. The summed E-state index contributed by atoms with van der Waals surface area (Å²) < 4.78 is 0. The van der Waals surface area contributed by atoms with E-state index in [1.807, 2.05) is 61.5 Å². The van der Waals surface area contributed by atoms with Gasteiger partial charge >= 0.3 is 0 Å². The summed E-state index contributed by atoms with van der Waals surface area (Å²) in [5.74, 6) is 2.19. The minimum atomic E-state index is -0.688. The van der Waals surface area contributed by atoms with Crippen molar-refractivity contribution in [3.8, 4) is 33.6 Å². The van der Waals surface area contributed by atoms with E-state index in [2.05, 4.69) is 79.1 Å². The highest BCUT2D eigenvalue weighted by molar-refractivity contribution is 8.00. The normalized spacial score (nSPS) is 18.2. The number of rotatable bonds is 13. The van der Waals surface area contributed by atoms with Crippen LogP contribution in [0.3, 0.4) is 0 Å². The van der Waals surface area contributed by atoms with E-state index in [1.165, 1.54) is 0 Å². The molecule has 2 fully saturated rings. The molecule has 272 valence electrons. The van der Waals surface area contributed by atoms with E-state index < -0.39 is 6.04 Å². The molecule has 1 saturated heterocycles. The molecule has 1 aliphatic heterocycles. The second-order valence-electron chi connectivity index (χ2n) is 13.5. The molecular formula is C41H44N8O3S. The van der Waals surface area contributed by atoms with Crippen molar-refractivity contribution in [1.29, 1.82) is 0 Å². The quantitative estimate of drug-likeness (QED) is 0.0958. The lowest BCUT2D eigenvalue weighted by molar-refractivity contribution is -0.135. The third-order valence-corrected chi connectivity index (χ3v) is 11.2. The fraction of sp³-hybridized carbons (Fsp3) is 0.317. The fourth-order valence-corrected chi connectivity index (χ4v) is 8.09. The van der Waals surface area contributed by atoms with Gasteiger partial charge < -0.3 is 25.5 Å². The summed E-state index contributed by atoms with van der Waals surface area (Å²) in [4.78, 5) is 61.3. The molecule has 1 saturated carbocycles. The molecule has 5 aromatic rings. The summed E-state index contributed by atoms with van der Waals surface area (Å²) in [6, 6.07) is 25.1. The van der Waals surface area contributed by atoms with Gasteiger partial charge in [0.05, 0.1) is 35.2 Å². The van der Waals surface area contributed by atoms with Crippen molar-refractivity contribution in [2.75, 3.05) is 12.8 Å². The fourth-order valence-electron chi connectivity index (χ4n) is 6.68. The number of hydrogen-bond donors (Lipinski definition) is 4. The maximum absolute atomic E-state index is 14.3. The summed E-state index contributed by atoms with van der Waals surface area (Å²) in [6.07, 6.45) is 8.09. The van der Waals surface area contributed by atoms with Crippen LogP contribution in [0.25, 0.3) is 33.6 Å². The first-order valence-electron chi connectivity index (χ1n) is 18.1. The van der Waals surface area contributed by atoms with Crippen molar-refractivity contribution in [3.05, 3.63) is 108 Å². The van der Waals surface area contributed by atoms with Crippen LogP contribution in [-0.2, 0) is 14.4 Å². The van der Waals surface area contributed by atoms with Crippen molar-refractivity contribution < 1.29 is 14.4 Å². The van der Waals surface area contributed by atoms with Crippen LogP contribution in [0.2, 0.25) is 0 Å². The standard InChI is InChI=1S/C41H44N8O3S/c1-4-43-37(30-8-6-5-7-9-30)41(52)49-34(24-53-36(49)21-20-35(50)42-3)39-45-23-33(48-39)29-16-12-27(13-17-29)26-10-14-28(15-11-26)32-22-44-38(47-32)25(2)46-40(51)31-18-19-31/h4-17,22-23,25,31,34,36-37H,18-21,24H2,1-3H3,(H,42,50)(H,44,47)(H,45,48)(H,46,51)/t25-,34-,36?,37?/m0/s1. The minimum absolute atomic E-state index is 0.0551. The van der Waals surface area contributed by atoms with Crippen LogP contribution < -0.4 is 10.6 Å². The lowest BCUT2D eigenvalue weighted by Gasteiger charge is -2.31. The molecule has 2 aliphatic rings. The summed E-state index contributed by atoms with van der Waals surface area (Å²) in [5, 5.41) is 5.55. The summed E-state index contributed by atoms with van der Waals surface area (Å²) in [7, 11) is 1.63. The molecule has 3 aromatic carbocycles. The monoisotopic (exact) mass is 728 g/mol. The molecule has 12 heteroatoms. The predicted octanol–water partition coefficient (Wildman–Crippen LogP) is 7.02. The first-order valence-corrected chi connectivity index (χ1v) is 19.2. The molecule has 53 heavy (non-hydrogen) atoms. The number of benzene rings is 3. The molecule has 2 aromatic heterocycles. The number of thioether (sulfide) groups is 1. The van der Waals surface area contributed by atoms with E-state index in [0.717, 1.165) is 57.9 Å². The van der Waals surface area contributed by atoms with E-state index in [9.17, 15) is 14.4 Å². The molecule has 0 bridgehead atoms.